The molecule has 0 heterocycles. The Morgan fingerprint density at radius 2 is 0.814 bits per heavy atom. The van der Waals surface area contributed by atoms with Gasteiger partial charge < -0.3 is 19.4 Å². The number of unbranched alkanes of at least 4 members (excludes halogenated alkanes) is 40. The van der Waals surface area contributed by atoms with E-state index in [1.54, 1.807) is 0 Å². The van der Waals surface area contributed by atoms with Crippen molar-refractivity contribution >= 4 is 19.7 Å². The number of amides is 1. The molecule has 0 aromatic heterocycles. The third kappa shape index (κ3) is 51.6. The summed E-state index contributed by atoms with van der Waals surface area (Å²) in [7, 11) is 1.52. The second-order valence-electron chi connectivity index (χ2n) is 22.2. The van der Waals surface area contributed by atoms with Gasteiger partial charge in [0.2, 0.25) is 5.91 Å². The van der Waals surface area contributed by atoms with Crippen LogP contribution >= 0.6 is 7.82 Å². The first-order valence-corrected chi connectivity index (χ1v) is 32.0. The lowest BCUT2D eigenvalue weighted by molar-refractivity contribution is -0.870. The number of hydrogen-bond donors (Lipinski definition) is 2. The molecule has 0 aliphatic heterocycles. The number of rotatable bonds is 56. The molecular weight excluding hydrogens is 892 g/mol. The van der Waals surface area contributed by atoms with Gasteiger partial charge in [0.15, 0.2) is 0 Å². The lowest BCUT2D eigenvalue weighted by Gasteiger charge is -2.27. The summed E-state index contributed by atoms with van der Waals surface area (Å²) in [6.07, 6.45) is 57.8. The Hall–Kier alpha value is -1.25. The minimum atomic E-state index is -4.43. The van der Waals surface area contributed by atoms with Gasteiger partial charge in [-0.25, -0.2) is 4.57 Å². The number of phosphoric ester groups is 1. The Bertz CT molecular complexity index is 1210. The van der Waals surface area contributed by atoms with Crippen LogP contribution in [0.5, 0.6) is 0 Å². The van der Waals surface area contributed by atoms with Crippen molar-refractivity contribution < 1.29 is 37.3 Å². The normalized spacial score (nSPS) is 13.8. The first kappa shape index (κ1) is 68.8. The second kappa shape index (κ2) is 51.2. The predicted octanol–water partition coefficient (Wildman–Crippen LogP) is 18.4. The third-order valence-corrected chi connectivity index (χ3v) is 15.0. The van der Waals surface area contributed by atoms with Crippen molar-refractivity contribution in [3.63, 3.8) is 0 Å². The summed E-state index contributed by atoms with van der Waals surface area (Å²) in [6, 6.07) is -0.838. The number of nitrogens with zero attached hydrogens (tertiary/aromatic N) is 1. The lowest BCUT2D eigenvalue weighted by atomic mass is 10.0. The zero-order valence-electron chi connectivity index (χ0n) is 47.5. The maximum Gasteiger partial charge on any atom is 0.472 e. The molecule has 2 N–H and O–H groups in total. The number of carbonyl (C=O) groups excluding carboxylic acids is 2. The quantitative estimate of drug-likeness (QED) is 0.0205. The highest BCUT2D eigenvalue weighted by Crippen LogP contribution is 2.43. The van der Waals surface area contributed by atoms with E-state index >= 15 is 0 Å². The van der Waals surface area contributed by atoms with Crippen molar-refractivity contribution in [2.45, 2.75) is 322 Å². The fourth-order valence-corrected chi connectivity index (χ4v) is 9.97. The fourth-order valence-electron chi connectivity index (χ4n) is 9.24. The maximum atomic E-state index is 13.5. The first-order chi connectivity index (χ1) is 33.9. The van der Waals surface area contributed by atoms with Crippen LogP contribution in [-0.2, 0) is 27.9 Å². The topological polar surface area (TPSA) is 111 Å². The van der Waals surface area contributed by atoms with Gasteiger partial charge in [-0.05, 0) is 31.8 Å². The molecule has 70 heavy (non-hydrogen) atoms. The van der Waals surface area contributed by atoms with Crippen molar-refractivity contribution in [3.05, 3.63) is 12.2 Å². The summed E-state index contributed by atoms with van der Waals surface area (Å²) >= 11 is 0. The number of quaternary nitrogens is 1. The summed E-state index contributed by atoms with van der Waals surface area (Å²) in [5, 5.41) is 3.05. The Kier molecular flexibility index (Phi) is 50.3. The molecule has 0 radical (unpaired) electrons. The number of hydrogen-bond acceptors (Lipinski definition) is 6. The Labute approximate surface area is 435 Å². The van der Waals surface area contributed by atoms with Gasteiger partial charge in [-0.1, -0.05) is 277 Å². The SMILES string of the molecule is CCCCCCCCCCCC/C=C\C(OC(=O)CCCCCCCCCCCCCCCCCCCCCCC)C(COP(=O)(O)OCC[N+](C)(C)C)NC(=O)CCCCCCCCCCCCC. The third-order valence-electron chi connectivity index (χ3n) is 14.0. The number of phosphoric acid groups is 1. The van der Waals surface area contributed by atoms with Crippen LogP contribution in [0.25, 0.3) is 0 Å². The average Bonchev–Trinajstić information content (AvgIpc) is 3.32. The lowest BCUT2D eigenvalue weighted by Crippen LogP contribution is -2.47. The number of carbonyl (C=O) groups is 2. The minimum absolute atomic E-state index is 0.0455. The molecule has 0 aromatic carbocycles. The van der Waals surface area contributed by atoms with E-state index in [2.05, 4.69) is 26.1 Å². The van der Waals surface area contributed by atoms with Crippen LogP contribution in [0.2, 0.25) is 0 Å². The Morgan fingerprint density at radius 3 is 1.17 bits per heavy atom. The van der Waals surface area contributed by atoms with Gasteiger partial charge in [-0.3, -0.25) is 18.6 Å². The Balaban J connectivity index is 5.13. The van der Waals surface area contributed by atoms with Crippen molar-refractivity contribution in [2.75, 3.05) is 40.9 Å². The molecule has 0 aliphatic rings. The van der Waals surface area contributed by atoms with Crippen LogP contribution in [0.3, 0.4) is 0 Å². The summed E-state index contributed by atoms with van der Waals surface area (Å²) in [6.45, 7) is 7.05. The maximum absolute atomic E-state index is 13.5. The monoisotopic (exact) mass is 1010 g/mol. The van der Waals surface area contributed by atoms with Crippen molar-refractivity contribution in [1.82, 2.24) is 5.32 Å². The molecule has 0 saturated heterocycles. The molecule has 9 nitrogen and oxygen atoms in total. The molecule has 3 unspecified atom stereocenters. The van der Waals surface area contributed by atoms with E-state index in [9.17, 15) is 19.0 Å². The van der Waals surface area contributed by atoms with Crippen LogP contribution in [0.4, 0.5) is 0 Å². The van der Waals surface area contributed by atoms with Gasteiger partial charge >= 0.3 is 13.8 Å². The van der Waals surface area contributed by atoms with E-state index in [0.29, 0.717) is 23.9 Å². The molecule has 0 bridgehead atoms. The molecule has 0 saturated carbocycles. The van der Waals surface area contributed by atoms with Crippen LogP contribution in [0.15, 0.2) is 12.2 Å². The number of likely N-dealkylation sites (N-methyl/N-ethyl adjacent to an activating group) is 1. The first-order valence-electron chi connectivity index (χ1n) is 30.5. The average molecular weight is 1010 g/mol. The molecule has 0 aliphatic carbocycles. The van der Waals surface area contributed by atoms with E-state index in [-0.39, 0.29) is 25.1 Å². The summed E-state index contributed by atoms with van der Waals surface area (Å²) in [5.74, 6) is -0.487. The number of allylic oxidation sites excluding steroid dienone is 1. The molecule has 10 heteroatoms. The van der Waals surface area contributed by atoms with E-state index in [1.807, 2.05) is 33.3 Å². The van der Waals surface area contributed by atoms with Crippen LogP contribution in [0, 0.1) is 0 Å². The molecule has 0 spiro atoms. The number of nitrogens with one attached hydrogen (secondary N) is 1. The van der Waals surface area contributed by atoms with Crippen molar-refractivity contribution in [2.24, 2.45) is 0 Å². The number of esters is 1. The van der Waals surface area contributed by atoms with Gasteiger partial charge in [-0.15, -0.1) is 0 Å². The molecule has 3 atom stereocenters. The van der Waals surface area contributed by atoms with Gasteiger partial charge in [0, 0.05) is 12.8 Å². The van der Waals surface area contributed by atoms with Crippen molar-refractivity contribution in [3.8, 4) is 0 Å². The van der Waals surface area contributed by atoms with Gasteiger partial charge in [0.25, 0.3) is 0 Å². The minimum Gasteiger partial charge on any atom is -0.456 e. The van der Waals surface area contributed by atoms with E-state index in [4.69, 9.17) is 13.8 Å². The molecule has 1 amide bonds. The molecular formula is C60H120N2O7P+. The molecule has 416 valence electrons. The highest BCUT2D eigenvalue weighted by atomic mass is 31.2. The molecule has 0 fully saturated rings. The van der Waals surface area contributed by atoms with Gasteiger partial charge in [0.1, 0.15) is 19.3 Å². The van der Waals surface area contributed by atoms with Gasteiger partial charge in [0.05, 0.1) is 33.8 Å². The van der Waals surface area contributed by atoms with E-state index in [0.717, 1.165) is 57.8 Å². The fraction of sp³-hybridized carbons (Fsp3) is 0.933. The van der Waals surface area contributed by atoms with Crippen molar-refractivity contribution in [1.29, 1.82) is 0 Å². The second-order valence-corrected chi connectivity index (χ2v) is 23.7. The number of ether oxygens (including phenoxy) is 1. The molecule has 0 rings (SSSR count). The summed E-state index contributed by atoms with van der Waals surface area (Å²) < 4.78 is 30.6. The van der Waals surface area contributed by atoms with Crippen LogP contribution < -0.4 is 5.32 Å². The van der Waals surface area contributed by atoms with Gasteiger partial charge in [-0.2, -0.15) is 0 Å². The van der Waals surface area contributed by atoms with Crippen LogP contribution in [-0.4, -0.2) is 74.3 Å². The highest BCUT2D eigenvalue weighted by Gasteiger charge is 2.30. The highest BCUT2D eigenvalue weighted by molar-refractivity contribution is 7.47. The van der Waals surface area contributed by atoms with E-state index < -0.39 is 20.0 Å². The summed E-state index contributed by atoms with van der Waals surface area (Å²) in [5.41, 5.74) is 0. The zero-order valence-corrected chi connectivity index (χ0v) is 48.4. The van der Waals surface area contributed by atoms with Crippen LogP contribution in [0.1, 0.15) is 310 Å². The largest absolute Gasteiger partial charge is 0.472 e. The predicted molar refractivity (Wildman–Crippen MR) is 300 cm³/mol. The smallest absolute Gasteiger partial charge is 0.456 e. The molecule has 0 aromatic rings. The standard InChI is InChI=1S/C60H119N2O7P/c1-7-10-13-16-19-22-25-27-28-29-30-31-32-33-34-35-38-41-44-47-50-53-60(64)69-58(51-48-45-42-39-37-26-23-20-17-14-11-8-2)57(56-68-70(65,66)67-55-54-62(4,5)6)61-59(63)52-49-46-43-40-36-24-21-18-15-12-9-3/h48,51,57-58H,7-47,49-50,52-56H2,1-6H3,(H-,61,63,65,66)/p+1/b51-48-. The Morgan fingerprint density at radius 1 is 0.486 bits per heavy atom. The van der Waals surface area contributed by atoms with E-state index in [1.165, 1.54) is 218 Å². The summed E-state index contributed by atoms with van der Waals surface area (Å²) in [4.78, 5) is 37.6. The zero-order chi connectivity index (χ0) is 51.5.